The average Bonchev–Trinajstić information content (AvgIpc) is 2.08. The number of benzene rings is 1. The molecule has 0 heterocycles. The van der Waals surface area contributed by atoms with Gasteiger partial charge in [0.1, 0.15) is 6.29 Å². The molecular formula is C10H13NO. The van der Waals surface area contributed by atoms with E-state index in [-0.39, 0.29) is 0 Å². The van der Waals surface area contributed by atoms with Gasteiger partial charge in [-0.15, -0.1) is 6.58 Å². The molecule has 0 spiro atoms. The highest BCUT2D eigenvalue weighted by Gasteiger charge is 1.72. The number of hydrogen-bond acceptors (Lipinski definition) is 2. The van der Waals surface area contributed by atoms with E-state index in [0.29, 0.717) is 6.42 Å². The number of rotatable bonds is 2. The van der Waals surface area contributed by atoms with Crippen LogP contribution in [0.5, 0.6) is 0 Å². The smallest absolute Gasteiger partial charge is 0.123 e. The first-order chi connectivity index (χ1) is 5.81. The van der Waals surface area contributed by atoms with E-state index in [4.69, 9.17) is 5.73 Å². The predicted molar refractivity (Wildman–Crippen MR) is 51.7 cm³/mol. The van der Waals surface area contributed by atoms with E-state index >= 15 is 0 Å². The fourth-order valence-corrected chi connectivity index (χ4v) is 0.521. The van der Waals surface area contributed by atoms with Crippen molar-refractivity contribution in [3.63, 3.8) is 0 Å². The summed E-state index contributed by atoms with van der Waals surface area (Å²) in [6.45, 7) is 3.32. The van der Waals surface area contributed by atoms with Gasteiger partial charge in [0.25, 0.3) is 0 Å². The van der Waals surface area contributed by atoms with E-state index in [1.807, 2.05) is 30.3 Å². The van der Waals surface area contributed by atoms with Crippen molar-refractivity contribution in [2.24, 2.45) is 0 Å². The van der Waals surface area contributed by atoms with Gasteiger partial charge in [-0.05, 0) is 12.1 Å². The van der Waals surface area contributed by atoms with Crippen molar-refractivity contribution in [3.05, 3.63) is 43.0 Å². The summed E-state index contributed by atoms with van der Waals surface area (Å²) in [6, 6.07) is 9.49. The Morgan fingerprint density at radius 3 is 2.08 bits per heavy atom. The highest BCUT2D eigenvalue weighted by atomic mass is 16.1. The lowest BCUT2D eigenvalue weighted by atomic mass is 10.3. The summed E-state index contributed by atoms with van der Waals surface area (Å²) in [5.74, 6) is 0. The van der Waals surface area contributed by atoms with Gasteiger partial charge in [0.2, 0.25) is 0 Å². The molecule has 0 radical (unpaired) electrons. The van der Waals surface area contributed by atoms with Crippen LogP contribution in [0.15, 0.2) is 43.0 Å². The van der Waals surface area contributed by atoms with Crippen LogP contribution in [0.2, 0.25) is 0 Å². The van der Waals surface area contributed by atoms with E-state index in [0.717, 1.165) is 12.0 Å². The Bertz CT molecular complexity index is 213. The molecule has 12 heavy (non-hydrogen) atoms. The van der Waals surface area contributed by atoms with Gasteiger partial charge in [0.15, 0.2) is 0 Å². The molecule has 1 aromatic rings. The summed E-state index contributed by atoms with van der Waals surface area (Å²) in [5, 5.41) is 0. The van der Waals surface area contributed by atoms with Gasteiger partial charge in [-0.25, -0.2) is 0 Å². The molecule has 0 saturated carbocycles. The zero-order valence-corrected chi connectivity index (χ0v) is 6.94. The minimum absolute atomic E-state index is 0.472. The fourth-order valence-electron chi connectivity index (χ4n) is 0.521. The second-order valence-electron chi connectivity index (χ2n) is 2.10. The summed E-state index contributed by atoms with van der Waals surface area (Å²) in [4.78, 5) is 9.33. The first kappa shape index (κ1) is 10.4. The maximum atomic E-state index is 9.33. The second-order valence-corrected chi connectivity index (χ2v) is 2.10. The SMILES string of the molecule is C=CCC=O.Nc1ccccc1. The molecule has 0 bridgehead atoms. The van der Waals surface area contributed by atoms with Crippen LogP contribution in [-0.2, 0) is 4.79 Å². The third-order valence-corrected chi connectivity index (χ3v) is 1.06. The zero-order chi connectivity index (χ0) is 9.23. The van der Waals surface area contributed by atoms with Crippen molar-refractivity contribution < 1.29 is 4.79 Å². The van der Waals surface area contributed by atoms with Crippen molar-refractivity contribution >= 4 is 12.0 Å². The highest BCUT2D eigenvalue weighted by molar-refractivity contribution is 5.51. The first-order valence-corrected chi connectivity index (χ1v) is 3.66. The topological polar surface area (TPSA) is 43.1 Å². The maximum Gasteiger partial charge on any atom is 0.123 e. The number of hydrogen-bond donors (Lipinski definition) is 1. The largest absolute Gasteiger partial charge is 0.399 e. The molecule has 0 fully saturated rings. The van der Waals surface area contributed by atoms with Crippen LogP contribution in [0.4, 0.5) is 5.69 Å². The third kappa shape index (κ3) is 6.55. The third-order valence-electron chi connectivity index (χ3n) is 1.06. The number of allylic oxidation sites excluding steroid dienone is 1. The number of nitrogens with two attached hydrogens (primary N) is 1. The number of nitrogen functional groups attached to an aromatic ring is 1. The minimum Gasteiger partial charge on any atom is -0.399 e. The van der Waals surface area contributed by atoms with Gasteiger partial charge < -0.3 is 10.5 Å². The molecule has 1 rings (SSSR count). The van der Waals surface area contributed by atoms with Crippen LogP contribution in [0, 0.1) is 0 Å². The molecule has 0 unspecified atom stereocenters. The Balaban J connectivity index is 0.000000217. The molecule has 0 aliphatic rings. The zero-order valence-electron chi connectivity index (χ0n) is 6.94. The second kappa shape index (κ2) is 7.54. The van der Waals surface area contributed by atoms with E-state index in [9.17, 15) is 4.79 Å². The molecule has 0 saturated heterocycles. The Hall–Kier alpha value is -1.57. The summed E-state index contributed by atoms with van der Waals surface area (Å²) >= 11 is 0. The Morgan fingerprint density at radius 1 is 1.33 bits per heavy atom. The van der Waals surface area contributed by atoms with Crippen molar-refractivity contribution in [2.45, 2.75) is 6.42 Å². The van der Waals surface area contributed by atoms with Crippen molar-refractivity contribution in [2.75, 3.05) is 5.73 Å². The van der Waals surface area contributed by atoms with Gasteiger partial charge in [0, 0.05) is 12.1 Å². The van der Waals surface area contributed by atoms with Gasteiger partial charge in [0.05, 0.1) is 0 Å². The lowest BCUT2D eigenvalue weighted by molar-refractivity contribution is -0.107. The number of para-hydroxylation sites is 1. The summed E-state index contributed by atoms with van der Waals surface area (Å²) in [5.41, 5.74) is 6.18. The maximum absolute atomic E-state index is 9.33. The molecular weight excluding hydrogens is 150 g/mol. The van der Waals surface area contributed by atoms with E-state index < -0.39 is 0 Å². The average molecular weight is 163 g/mol. The summed E-state index contributed by atoms with van der Waals surface area (Å²) in [6.07, 6.45) is 2.85. The molecule has 0 aromatic heterocycles. The van der Waals surface area contributed by atoms with Crippen molar-refractivity contribution in [1.82, 2.24) is 0 Å². The molecule has 0 aliphatic carbocycles. The highest BCUT2D eigenvalue weighted by Crippen LogP contribution is 1.95. The standard InChI is InChI=1S/C6H7N.C4H6O/c7-6-4-2-1-3-5-6;1-2-3-4-5/h1-5H,7H2;2,4H,1,3H2. The fraction of sp³-hybridized carbons (Fsp3) is 0.100. The Labute approximate surface area is 72.7 Å². The van der Waals surface area contributed by atoms with E-state index in [1.54, 1.807) is 6.08 Å². The van der Waals surface area contributed by atoms with E-state index in [2.05, 4.69) is 6.58 Å². The summed E-state index contributed by atoms with van der Waals surface area (Å²) in [7, 11) is 0. The van der Waals surface area contributed by atoms with Gasteiger partial charge in [-0.3, -0.25) is 0 Å². The summed E-state index contributed by atoms with van der Waals surface area (Å²) < 4.78 is 0. The molecule has 0 aliphatic heterocycles. The molecule has 1 aromatic carbocycles. The molecule has 0 atom stereocenters. The Kier molecular flexibility index (Phi) is 6.55. The number of aldehydes is 1. The van der Waals surface area contributed by atoms with Gasteiger partial charge >= 0.3 is 0 Å². The van der Waals surface area contributed by atoms with Crippen LogP contribution in [0.3, 0.4) is 0 Å². The Morgan fingerprint density at radius 2 is 1.92 bits per heavy atom. The van der Waals surface area contributed by atoms with Crippen LogP contribution in [0.25, 0.3) is 0 Å². The number of carbonyl (C=O) groups is 1. The first-order valence-electron chi connectivity index (χ1n) is 3.66. The molecule has 2 heteroatoms. The molecule has 64 valence electrons. The van der Waals surface area contributed by atoms with Gasteiger partial charge in [-0.1, -0.05) is 24.3 Å². The van der Waals surface area contributed by atoms with Gasteiger partial charge in [-0.2, -0.15) is 0 Å². The predicted octanol–water partition coefficient (Wildman–Crippen LogP) is 2.03. The minimum atomic E-state index is 0.472. The lowest BCUT2D eigenvalue weighted by Gasteiger charge is -1.83. The number of carbonyl (C=O) groups excluding carboxylic acids is 1. The molecule has 2 nitrogen and oxygen atoms in total. The van der Waals surface area contributed by atoms with Crippen LogP contribution >= 0.6 is 0 Å². The van der Waals surface area contributed by atoms with Crippen molar-refractivity contribution in [3.8, 4) is 0 Å². The molecule has 2 N–H and O–H groups in total. The van der Waals surface area contributed by atoms with Crippen LogP contribution in [-0.4, -0.2) is 6.29 Å². The van der Waals surface area contributed by atoms with Crippen LogP contribution < -0.4 is 5.73 Å². The van der Waals surface area contributed by atoms with Crippen molar-refractivity contribution in [1.29, 1.82) is 0 Å². The lowest BCUT2D eigenvalue weighted by Crippen LogP contribution is -1.79. The van der Waals surface area contributed by atoms with E-state index in [1.165, 1.54) is 0 Å². The normalized spacial score (nSPS) is 7.67. The van der Waals surface area contributed by atoms with Crippen LogP contribution in [0.1, 0.15) is 6.42 Å². The monoisotopic (exact) mass is 163 g/mol. The quantitative estimate of drug-likeness (QED) is 0.412. The number of anilines is 1. The molecule has 0 amide bonds.